The first-order valence-corrected chi connectivity index (χ1v) is 10.4. The van der Waals surface area contributed by atoms with Crippen LogP contribution in [0.25, 0.3) is 0 Å². The van der Waals surface area contributed by atoms with Crippen LogP contribution in [0.1, 0.15) is 36.7 Å². The third-order valence-electron chi connectivity index (χ3n) is 4.90. The van der Waals surface area contributed by atoms with Crippen molar-refractivity contribution in [3.63, 3.8) is 0 Å². The molecule has 0 bridgehead atoms. The third-order valence-corrected chi connectivity index (χ3v) is 4.90. The fourth-order valence-corrected chi connectivity index (χ4v) is 3.24. The van der Waals surface area contributed by atoms with Crippen molar-refractivity contribution in [1.82, 2.24) is 0 Å². The fourth-order valence-electron chi connectivity index (χ4n) is 3.24. The number of benzene rings is 3. The van der Waals surface area contributed by atoms with Gasteiger partial charge in [-0.2, -0.15) is 0 Å². The highest BCUT2D eigenvalue weighted by Crippen LogP contribution is 2.31. The number of nitrogens with one attached hydrogen (secondary N) is 2. The van der Waals surface area contributed by atoms with Crippen molar-refractivity contribution in [2.24, 2.45) is 0 Å². The van der Waals surface area contributed by atoms with Crippen molar-refractivity contribution in [2.75, 3.05) is 24.4 Å². The van der Waals surface area contributed by atoms with Gasteiger partial charge in [-0.15, -0.1) is 0 Å². The topological polar surface area (TPSA) is 76.7 Å². The molecule has 0 saturated carbocycles. The largest absolute Gasteiger partial charge is 0.493 e. The van der Waals surface area contributed by atoms with Gasteiger partial charge in [-0.3, -0.25) is 9.59 Å². The van der Waals surface area contributed by atoms with Crippen molar-refractivity contribution in [3.05, 3.63) is 83.7 Å². The number of methoxy groups -OCH3 is 1. The van der Waals surface area contributed by atoms with Gasteiger partial charge in [0.15, 0.2) is 18.1 Å². The molecule has 0 fully saturated rings. The van der Waals surface area contributed by atoms with Crippen molar-refractivity contribution in [2.45, 2.75) is 26.2 Å². The van der Waals surface area contributed by atoms with Crippen molar-refractivity contribution >= 4 is 23.2 Å². The zero-order valence-electron chi connectivity index (χ0n) is 19.1. The Hall–Kier alpha value is -3.87. The molecule has 3 rings (SSSR count). The number of hydrogen-bond donors (Lipinski definition) is 2. The lowest BCUT2D eigenvalue weighted by Gasteiger charge is -2.23. The molecule has 0 heterocycles. The Morgan fingerprint density at radius 3 is 2.27 bits per heavy atom. The summed E-state index contributed by atoms with van der Waals surface area (Å²) in [6.07, 6.45) is 0. The highest BCUT2D eigenvalue weighted by atomic mass is 19.1. The van der Waals surface area contributed by atoms with E-state index in [-0.39, 0.29) is 23.7 Å². The summed E-state index contributed by atoms with van der Waals surface area (Å²) in [5, 5.41) is 5.58. The first-order valence-electron chi connectivity index (χ1n) is 10.4. The molecule has 0 radical (unpaired) electrons. The quantitative estimate of drug-likeness (QED) is 0.505. The first-order chi connectivity index (χ1) is 15.7. The standard InChI is InChI=1S/C26H27FN2O4/c1-26(2,3)20-7-5-6-8-21(20)29-25(31)17-9-14-22(23(15-17)32-4)33-16-24(30)28-19-12-10-18(27)11-13-19/h5-15H,16H2,1-4H3,(H,28,30)(H,29,31). The predicted molar refractivity (Wildman–Crippen MR) is 127 cm³/mol. The molecular weight excluding hydrogens is 423 g/mol. The van der Waals surface area contributed by atoms with Gasteiger partial charge in [-0.25, -0.2) is 4.39 Å². The maximum absolute atomic E-state index is 13.0. The molecule has 0 spiro atoms. The van der Waals surface area contributed by atoms with Crippen molar-refractivity contribution in [1.29, 1.82) is 0 Å². The first kappa shape index (κ1) is 23.8. The number of anilines is 2. The van der Waals surface area contributed by atoms with Crippen LogP contribution in [0.4, 0.5) is 15.8 Å². The maximum atomic E-state index is 13.0. The van der Waals surface area contributed by atoms with Gasteiger partial charge in [-0.1, -0.05) is 39.0 Å². The number of carbonyl (C=O) groups excluding carboxylic acids is 2. The van der Waals surface area contributed by atoms with Crippen LogP contribution in [-0.2, 0) is 10.2 Å². The molecule has 7 heteroatoms. The van der Waals surface area contributed by atoms with Gasteiger partial charge >= 0.3 is 0 Å². The summed E-state index contributed by atoms with van der Waals surface area (Å²) in [6.45, 7) is 5.97. The average Bonchev–Trinajstić information content (AvgIpc) is 2.78. The van der Waals surface area contributed by atoms with E-state index in [1.807, 2.05) is 24.3 Å². The molecule has 3 aromatic carbocycles. The van der Waals surface area contributed by atoms with Gasteiger partial charge in [0, 0.05) is 16.9 Å². The minimum atomic E-state index is -0.413. The lowest BCUT2D eigenvalue weighted by atomic mass is 9.86. The number of para-hydroxylation sites is 1. The molecule has 33 heavy (non-hydrogen) atoms. The molecule has 2 amide bonds. The fraction of sp³-hybridized carbons (Fsp3) is 0.231. The molecular formula is C26H27FN2O4. The van der Waals surface area contributed by atoms with Crippen LogP contribution in [0, 0.1) is 5.82 Å². The summed E-state index contributed by atoms with van der Waals surface area (Å²) >= 11 is 0. The van der Waals surface area contributed by atoms with Gasteiger partial charge in [0.25, 0.3) is 11.8 Å². The maximum Gasteiger partial charge on any atom is 0.262 e. The minimum absolute atomic E-state index is 0.131. The van der Waals surface area contributed by atoms with Gasteiger partial charge in [-0.05, 0) is 59.5 Å². The lowest BCUT2D eigenvalue weighted by Crippen LogP contribution is -2.20. The summed E-state index contributed by atoms with van der Waals surface area (Å²) < 4.78 is 23.9. The molecule has 0 aliphatic rings. The Kier molecular flexibility index (Phi) is 7.33. The van der Waals surface area contributed by atoms with Gasteiger partial charge in [0.2, 0.25) is 0 Å². The molecule has 0 aliphatic heterocycles. The second-order valence-corrected chi connectivity index (χ2v) is 8.46. The molecule has 2 N–H and O–H groups in total. The number of hydrogen-bond acceptors (Lipinski definition) is 4. The van der Waals surface area contributed by atoms with Crippen LogP contribution in [0.5, 0.6) is 11.5 Å². The van der Waals surface area contributed by atoms with Crippen LogP contribution in [0.3, 0.4) is 0 Å². The van der Waals surface area contributed by atoms with E-state index in [2.05, 4.69) is 31.4 Å². The predicted octanol–water partition coefficient (Wildman–Crippen LogP) is 5.40. The van der Waals surface area contributed by atoms with Crippen LogP contribution >= 0.6 is 0 Å². The van der Waals surface area contributed by atoms with E-state index in [1.165, 1.54) is 31.4 Å². The molecule has 3 aromatic rings. The molecule has 6 nitrogen and oxygen atoms in total. The second-order valence-electron chi connectivity index (χ2n) is 8.46. The highest BCUT2D eigenvalue weighted by Gasteiger charge is 2.19. The molecule has 172 valence electrons. The number of amides is 2. The van der Waals surface area contributed by atoms with E-state index in [1.54, 1.807) is 18.2 Å². The van der Waals surface area contributed by atoms with E-state index in [0.29, 0.717) is 22.7 Å². The van der Waals surface area contributed by atoms with Gasteiger partial charge < -0.3 is 20.1 Å². The SMILES string of the molecule is COc1cc(C(=O)Nc2ccccc2C(C)(C)C)ccc1OCC(=O)Nc1ccc(F)cc1. The Bertz CT molecular complexity index is 1140. The van der Waals surface area contributed by atoms with Crippen LogP contribution in [-0.4, -0.2) is 25.5 Å². The van der Waals surface area contributed by atoms with E-state index in [4.69, 9.17) is 9.47 Å². The Labute approximate surface area is 192 Å². The summed E-state index contributed by atoms with van der Waals surface area (Å²) in [5.41, 5.74) is 2.48. The normalized spacial score (nSPS) is 10.9. The number of halogens is 1. The molecule has 0 aromatic heterocycles. The van der Waals surface area contributed by atoms with E-state index < -0.39 is 5.91 Å². The van der Waals surface area contributed by atoms with E-state index in [0.717, 1.165) is 11.3 Å². The molecule has 0 atom stereocenters. The zero-order chi connectivity index (χ0) is 24.0. The van der Waals surface area contributed by atoms with Crippen LogP contribution < -0.4 is 20.1 Å². The van der Waals surface area contributed by atoms with Crippen molar-refractivity contribution < 1.29 is 23.5 Å². The third kappa shape index (κ3) is 6.32. The van der Waals surface area contributed by atoms with Gasteiger partial charge in [0.05, 0.1) is 7.11 Å². The number of rotatable bonds is 7. The smallest absolute Gasteiger partial charge is 0.262 e. The highest BCUT2D eigenvalue weighted by molar-refractivity contribution is 6.05. The minimum Gasteiger partial charge on any atom is -0.493 e. The van der Waals surface area contributed by atoms with Crippen molar-refractivity contribution in [3.8, 4) is 11.5 Å². The average molecular weight is 451 g/mol. The monoisotopic (exact) mass is 450 g/mol. The van der Waals surface area contributed by atoms with E-state index in [9.17, 15) is 14.0 Å². The summed E-state index contributed by atoms with van der Waals surface area (Å²) in [7, 11) is 1.46. The van der Waals surface area contributed by atoms with E-state index >= 15 is 0 Å². The van der Waals surface area contributed by atoms with Gasteiger partial charge in [0.1, 0.15) is 5.82 Å². The number of carbonyl (C=O) groups is 2. The zero-order valence-corrected chi connectivity index (χ0v) is 19.1. The number of ether oxygens (including phenoxy) is 2. The Morgan fingerprint density at radius 2 is 1.61 bits per heavy atom. The Balaban J connectivity index is 1.67. The second kappa shape index (κ2) is 10.2. The summed E-state index contributed by atoms with van der Waals surface area (Å²) in [5.74, 6) is -0.449. The molecule has 0 aliphatic carbocycles. The van der Waals surface area contributed by atoms with Crippen LogP contribution in [0.2, 0.25) is 0 Å². The van der Waals surface area contributed by atoms with Crippen LogP contribution in [0.15, 0.2) is 66.7 Å². The summed E-state index contributed by atoms with van der Waals surface area (Å²) in [4.78, 5) is 25.0. The summed E-state index contributed by atoms with van der Waals surface area (Å²) in [6, 6.07) is 17.8. The molecule has 0 unspecified atom stereocenters. The Morgan fingerprint density at radius 1 is 0.909 bits per heavy atom. The molecule has 0 saturated heterocycles. The lowest BCUT2D eigenvalue weighted by molar-refractivity contribution is -0.118.